The minimum Gasteiger partial charge on any atom is -0.338 e. The highest BCUT2D eigenvalue weighted by Gasteiger charge is 2.23. The first kappa shape index (κ1) is 15.4. The Morgan fingerprint density at radius 1 is 1.60 bits per heavy atom. The molecule has 0 bridgehead atoms. The van der Waals surface area contributed by atoms with Gasteiger partial charge in [0.2, 0.25) is 0 Å². The van der Waals surface area contributed by atoms with E-state index >= 15 is 0 Å². The molecule has 1 rings (SSSR count). The third kappa shape index (κ3) is 3.21. The maximum Gasteiger partial charge on any atom is 0.294 e. The molecular weight excluding hydrogens is 262 g/mol. The predicted octanol–water partition coefficient (Wildman–Crippen LogP) is 1.26. The summed E-state index contributed by atoms with van der Waals surface area (Å²) in [6, 6.07) is 6.09. The van der Waals surface area contributed by atoms with Crippen LogP contribution in [0.2, 0.25) is 0 Å². The Kier molecular flexibility index (Phi) is 5.43. The van der Waals surface area contributed by atoms with Crippen molar-refractivity contribution in [2.45, 2.75) is 13.3 Å². The Labute approximate surface area is 115 Å². The summed E-state index contributed by atoms with van der Waals surface area (Å²) < 4.78 is 0. The molecule has 106 valence electrons. The lowest BCUT2D eigenvalue weighted by Gasteiger charge is -2.20. The summed E-state index contributed by atoms with van der Waals surface area (Å²) in [5.41, 5.74) is 2.02. The van der Waals surface area contributed by atoms with Gasteiger partial charge in [-0.1, -0.05) is 6.07 Å². The van der Waals surface area contributed by atoms with Gasteiger partial charge in [-0.2, -0.15) is 5.26 Å². The maximum absolute atomic E-state index is 12.3. The van der Waals surface area contributed by atoms with Gasteiger partial charge >= 0.3 is 0 Å². The van der Waals surface area contributed by atoms with Crippen molar-refractivity contribution in [1.82, 2.24) is 4.90 Å². The van der Waals surface area contributed by atoms with Crippen molar-refractivity contribution in [2.75, 3.05) is 18.5 Å². The first-order valence-corrected chi connectivity index (χ1v) is 5.97. The van der Waals surface area contributed by atoms with Crippen LogP contribution in [0.15, 0.2) is 18.2 Å². The molecule has 3 N–H and O–H groups in total. The van der Waals surface area contributed by atoms with Gasteiger partial charge < -0.3 is 10.3 Å². The fourth-order valence-electron chi connectivity index (χ4n) is 1.78. The number of carbonyl (C=O) groups excluding carboxylic acids is 1. The van der Waals surface area contributed by atoms with E-state index in [9.17, 15) is 14.9 Å². The van der Waals surface area contributed by atoms with E-state index in [1.165, 1.54) is 23.1 Å². The molecule has 8 nitrogen and oxygen atoms in total. The van der Waals surface area contributed by atoms with Crippen molar-refractivity contribution in [2.24, 2.45) is 5.84 Å². The zero-order valence-corrected chi connectivity index (χ0v) is 11.0. The Morgan fingerprint density at radius 2 is 2.30 bits per heavy atom. The van der Waals surface area contributed by atoms with E-state index < -0.39 is 10.8 Å². The SMILES string of the molecule is CCN(CCC#N)C(=O)c1cccc([N+](=O)[O-])c1NN. The zero-order valence-electron chi connectivity index (χ0n) is 11.0. The van der Waals surface area contributed by atoms with Crippen molar-refractivity contribution >= 4 is 17.3 Å². The van der Waals surface area contributed by atoms with Crippen molar-refractivity contribution in [3.05, 3.63) is 33.9 Å². The standard InChI is InChI=1S/C12H15N5O3/c1-2-16(8-4-7-13)12(18)9-5-3-6-10(17(19)20)11(9)15-14/h3,5-6,15H,2,4,8,14H2,1H3. The van der Waals surface area contributed by atoms with E-state index in [2.05, 4.69) is 5.43 Å². The molecule has 0 saturated carbocycles. The highest BCUT2D eigenvalue weighted by Crippen LogP contribution is 2.28. The Morgan fingerprint density at radius 3 is 2.80 bits per heavy atom. The van der Waals surface area contributed by atoms with Crippen LogP contribution in [0.3, 0.4) is 0 Å². The molecule has 0 aliphatic heterocycles. The Hall–Kier alpha value is -2.66. The number of hydrogen-bond donors (Lipinski definition) is 2. The molecule has 0 fully saturated rings. The molecule has 0 radical (unpaired) electrons. The average molecular weight is 277 g/mol. The fraction of sp³-hybridized carbons (Fsp3) is 0.333. The number of amides is 1. The maximum atomic E-state index is 12.3. The van der Waals surface area contributed by atoms with Gasteiger partial charge in [0.15, 0.2) is 0 Å². The molecule has 0 aliphatic rings. The van der Waals surface area contributed by atoms with Gasteiger partial charge in [-0.3, -0.25) is 20.8 Å². The van der Waals surface area contributed by atoms with Crippen LogP contribution in [-0.2, 0) is 0 Å². The topological polar surface area (TPSA) is 125 Å². The largest absolute Gasteiger partial charge is 0.338 e. The number of nitro benzene ring substituents is 1. The number of hydrazine groups is 1. The number of nitriles is 1. The summed E-state index contributed by atoms with van der Waals surface area (Å²) >= 11 is 0. The van der Waals surface area contributed by atoms with Crippen LogP contribution in [0, 0.1) is 21.4 Å². The lowest BCUT2D eigenvalue weighted by Crippen LogP contribution is -2.32. The number of nitrogens with two attached hydrogens (primary N) is 1. The number of benzene rings is 1. The highest BCUT2D eigenvalue weighted by atomic mass is 16.6. The summed E-state index contributed by atoms with van der Waals surface area (Å²) in [5.74, 6) is 4.89. The van der Waals surface area contributed by atoms with Crippen molar-refractivity contribution in [3.63, 3.8) is 0 Å². The molecule has 0 unspecified atom stereocenters. The molecule has 0 aromatic heterocycles. The lowest BCUT2D eigenvalue weighted by atomic mass is 10.1. The van der Waals surface area contributed by atoms with E-state index in [4.69, 9.17) is 11.1 Å². The fourth-order valence-corrected chi connectivity index (χ4v) is 1.78. The number of nitrogen functional groups attached to an aromatic ring is 1. The van der Waals surface area contributed by atoms with E-state index in [-0.39, 0.29) is 29.9 Å². The minimum absolute atomic E-state index is 0.0297. The van der Waals surface area contributed by atoms with Gasteiger partial charge in [0.25, 0.3) is 11.6 Å². The summed E-state index contributed by atoms with van der Waals surface area (Å²) in [6.45, 7) is 2.42. The second-order valence-electron chi connectivity index (χ2n) is 3.89. The van der Waals surface area contributed by atoms with Crippen molar-refractivity contribution in [1.29, 1.82) is 5.26 Å². The smallest absolute Gasteiger partial charge is 0.294 e. The van der Waals surface area contributed by atoms with Gasteiger partial charge in [0, 0.05) is 19.2 Å². The summed E-state index contributed by atoms with van der Waals surface area (Å²) in [5, 5.41) is 19.5. The number of anilines is 1. The second kappa shape index (κ2) is 7.06. The summed E-state index contributed by atoms with van der Waals surface area (Å²) in [6.07, 6.45) is 0.194. The van der Waals surface area contributed by atoms with Crippen LogP contribution in [-0.4, -0.2) is 28.8 Å². The van der Waals surface area contributed by atoms with E-state index in [0.717, 1.165) is 0 Å². The third-order valence-electron chi connectivity index (χ3n) is 2.78. The number of hydrogen-bond acceptors (Lipinski definition) is 6. The van der Waals surface area contributed by atoms with Crippen LogP contribution < -0.4 is 11.3 Å². The molecule has 0 heterocycles. The number of rotatable bonds is 6. The molecule has 0 saturated heterocycles. The van der Waals surface area contributed by atoms with Crippen LogP contribution in [0.1, 0.15) is 23.7 Å². The number of nitrogens with zero attached hydrogens (tertiary/aromatic N) is 3. The van der Waals surface area contributed by atoms with Crippen LogP contribution in [0.5, 0.6) is 0 Å². The summed E-state index contributed by atoms with van der Waals surface area (Å²) in [7, 11) is 0. The second-order valence-corrected chi connectivity index (χ2v) is 3.89. The minimum atomic E-state index is -0.614. The van der Waals surface area contributed by atoms with Crippen molar-refractivity contribution < 1.29 is 9.72 Å². The van der Waals surface area contributed by atoms with Gasteiger partial charge in [-0.05, 0) is 13.0 Å². The lowest BCUT2D eigenvalue weighted by molar-refractivity contribution is -0.384. The van der Waals surface area contributed by atoms with Gasteiger partial charge in [0.1, 0.15) is 5.69 Å². The van der Waals surface area contributed by atoms with E-state index in [0.29, 0.717) is 6.54 Å². The Bertz CT molecular complexity index is 553. The number of nitrogens with one attached hydrogen (secondary N) is 1. The normalized spacial score (nSPS) is 9.65. The molecule has 1 aromatic rings. The average Bonchev–Trinajstić information content (AvgIpc) is 2.46. The van der Waals surface area contributed by atoms with Crippen LogP contribution in [0.25, 0.3) is 0 Å². The monoisotopic (exact) mass is 277 g/mol. The van der Waals surface area contributed by atoms with Crippen LogP contribution in [0.4, 0.5) is 11.4 Å². The molecule has 1 amide bonds. The first-order chi connectivity index (χ1) is 9.56. The third-order valence-corrected chi connectivity index (χ3v) is 2.78. The van der Waals surface area contributed by atoms with E-state index in [1.807, 2.05) is 6.07 Å². The Balaban J connectivity index is 3.18. The molecule has 8 heteroatoms. The molecule has 0 atom stereocenters. The van der Waals surface area contributed by atoms with Gasteiger partial charge in [-0.25, -0.2) is 0 Å². The molecular formula is C12H15N5O3. The molecule has 0 spiro atoms. The van der Waals surface area contributed by atoms with Crippen LogP contribution >= 0.6 is 0 Å². The number of nitro groups is 1. The number of para-hydroxylation sites is 1. The molecule has 20 heavy (non-hydrogen) atoms. The number of carbonyl (C=O) groups is 1. The zero-order chi connectivity index (χ0) is 15.1. The van der Waals surface area contributed by atoms with E-state index in [1.54, 1.807) is 6.92 Å². The summed E-state index contributed by atoms with van der Waals surface area (Å²) in [4.78, 5) is 24.1. The van der Waals surface area contributed by atoms with Crippen molar-refractivity contribution in [3.8, 4) is 6.07 Å². The molecule has 1 aromatic carbocycles. The van der Waals surface area contributed by atoms with Gasteiger partial charge in [0.05, 0.1) is 23.0 Å². The first-order valence-electron chi connectivity index (χ1n) is 5.97. The predicted molar refractivity (Wildman–Crippen MR) is 72.7 cm³/mol. The molecule has 0 aliphatic carbocycles. The highest BCUT2D eigenvalue weighted by molar-refractivity contribution is 6.01. The van der Waals surface area contributed by atoms with Gasteiger partial charge in [-0.15, -0.1) is 0 Å². The quantitative estimate of drug-likeness (QED) is 0.458.